The van der Waals surface area contributed by atoms with Gasteiger partial charge in [-0.2, -0.15) is 0 Å². The van der Waals surface area contributed by atoms with E-state index in [0.717, 1.165) is 19.3 Å². The fourth-order valence-electron chi connectivity index (χ4n) is 2.82. The Balaban J connectivity index is 2.86. The summed E-state index contributed by atoms with van der Waals surface area (Å²) in [5.41, 5.74) is 2.67. The van der Waals surface area contributed by atoms with E-state index >= 15 is 0 Å². The molecule has 1 aliphatic rings. The van der Waals surface area contributed by atoms with Crippen LogP contribution >= 0.6 is 0 Å². The first kappa shape index (κ1) is 16.7. The molecule has 1 fully saturated rings. The molecule has 0 aromatic heterocycles. The van der Waals surface area contributed by atoms with Crippen LogP contribution in [-0.2, 0) is 0 Å². The summed E-state index contributed by atoms with van der Waals surface area (Å²) in [6, 6.07) is 0. The smallest absolute Gasteiger partial charge is 0.188 e. The summed E-state index contributed by atoms with van der Waals surface area (Å²) in [5.74, 6) is 0.922. The van der Waals surface area contributed by atoms with Crippen molar-refractivity contribution in [3.05, 3.63) is 23.8 Å². The predicted molar refractivity (Wildman–Crippen MR) is 84.6 cm³/mol. The minimum Gasteiger partial charge on any atom is -0.432 e. The molecule has 3 heteroatoms. The molecule has 0 amide bonds. The second-order valence-electron chi connectivity index (χ2n) is 7.27. The molecule has 1 aliphatic carbocycles. The lowest BCUT2D eigenvalue weighted by Crippen LogP contribution is -2.41. The molecule has 0 unspecified atom stereocenters. The average molecular weight is 282 g/mol. The zero-order chi connectivity index (χ0) is 14.8. The Labute approximate surface area is 119 Å². The fraction of sp³-hybridized carbons (Fsp3) is 0.750. The first-order valence-electron chi connectivity index (χ1n) is 7.28. The van der Waals surface area contributed by atoms with Gasteiger partial charge in [-0.05, 0) is 49.2 Å². The van der Waals surface area contributed by atoms with Crippen molar-refractivity contribution in [1.82, 2.24) is 0 Å². The summed E-state index contributed by atoms with van der Waals surface area (Å²) in [6.45, 7) is 15.0. The van der Waals surface area contributed by atoms with E-state index in [1.807, 2.05) is 19.2 Å². The van der Waals surface area contributed by atoms with Crippen LogP contribution in [-0.4, -0.2) is 24.8 Å². The molecule has 0 aromatic carbocycles. The van der Waals surface area contributed by atoms with E-state index < -0.39 is 8.32 Å². The maximum atomic E-state index is 10.5. The standard InChI is InChI=1S/C16H30O2Si/c1-12-9-14(7-8-17)10-15(13(12)2)11-16(3,4)19(5,6)18/h7,12,15,17-18H,2,8-11H2,1,3-6H3/b14-7-/t12-,15+/m1/s1. The van der Waals surface area contributed by atoms with Crippen LogP contribution in [0.25, 0.3) is 0 Å². The van der Waals surface area contributed by atoms with Crippen molar-refractivity contribution in [2.45, 2.75) is 58.2 Å². The Morgan fingerprint density at radius 1 is 1.37 bits per heavy atom. The highest BCUT2D eigenvalue weighted by molar-refractivity contribution is 6.72. The molecule has 0 aromatic rings. The molecular weight excluding hydrogens is 252 g/mol. The van der Waals surface area contributed by atoms with Gasteiger partial charge in [-0.15, -0.1) is 0 Å². The summed E-state index contributed by atoms with van der Waals surface area (Å²) in [4.78, 5) is 10.5. The maximum Gasteiger partial charge on any atom is 0.188 e. The zero-order valence-corrected chi connectivity index (χ0v) is 14.2. The molecular formula is C16H30O2Si. The van der Waals surface area contributed by atoms with Crippen molar-refractivity contribution in [3.63, 3.8) is 0 Å². The van der Waals surface area contributed by atoms with Gasteiger partial charge in [-0.3, -0.25) is 0 Å². The Morgan fingerprint density at radius 2 is 1.95 bits per heavy atom. The minimum atomic E-state index is -2.17. The lowest BCUT2D eigenvalue weighted by Gasteiger charge is -2.41. The molecule has 2 nitrogen and oxygen atoms in total. The Kier molecular flexibility index (Phi) is 5.21. The SMILES string of the molecule is C=C1[C@H](CC(C)(C)[Si](C)(C)O)C/C(=C\CO)C[C@H]1C. The van der Waals surface area contributed by atoms with E-state index in [1.165, 1.54) is 11.1 Å². The summed E-state index contributed by atoms with van der Waals surface area (Å²) in [7, 11) is -2.17. The van der Waals surface area contributed by atoms with E-state index in [4.69, 9.17) is 5.11 Å². The number of rotatable bonds is 4. The molecule has 19 heavy (non-hydrogen) atoms. The molecule has 0 bridgehead atoms. The minimum absolute atomic E-state index is 0.0119. The number of hydrogen-bond donors (Lipinski definition) is 2. The third kappa shape index (κ3) is 4.04. The van der Waals surface area contributed by atoms with Crippen molar-refractivity contribution in [1.29, 1.82) is 0 Å². The van der Waals surface area contributed by atoms with E-state index in [1.54, 1.807) is 0 Å². The topological polar surface area (TPSA) is 40.5 Å². The molecule has 0 heterocycles. The van der Waals surface area contributed by atoms with Crippen LogP contribution in [0, 0.1) is 11.8 Å². The van der Waals surface area contributed by atoms with E-state index in [0.29, 0.717) is 11.8 Å². The summed E-state index contributed by atoms with van der Waals surface area (Å²) in [6.07, 6.45) is 4.97. The summed E-state index contributed by atoms with van der Waals surface area (Å²) in [5, 5.41) is 9.07. The highest BCUT2D eigenvalue weighted by atomic mass is 28.4. The third-order valence-electron chi connectivity index (χ3n) is 5.03. The van der Waals surface area contributed by atoms with Crippen LogP contribution in [0.1, 0.15) is 40.0 Å². The molecule has 1 saturated carbocycles. The second-order valence-corrected chi connectivity index (χ2v) is 11.7. The first-order valence-corrected chi connectivity index (χ1v) is 10.2. The predicted octanol–water partition coefficient (Wildman–Crippen LogP) is 3.88. The van der Waals surface area contributed by atoms with Gasteiger partial charge in [0, 0.05) is 0 Å². The Hall–Kier alpha value is -0.383. The van der Waals surface area contributed by atoms with E-state index in [2.05, 4.69) is 27.4 Å². The number of aliphatic hydroxyl groups is 1. The molecule has 0 saturated heterocycles. The number of hydrogen-bond acceptors (Lipinski definition) is 2. The third-order valence-corrected chi connectivity index (χ3v) is 8.54. The molecule has 0 spiro atoms. The number of allylic oxidation sites excluding steroid dienone is 2. The summed E-state index contributed by atoms with van der Waals surface area (Å²) >= 11 is 0. The van der Waals surface area contributed by atoms with E-state index in [-0.39, 0.29) is 11.6 Å². The van der Waals surface area contributed by atoms with Gasteiger partial charge in [-0.1, -0.05) is 44.6 Å². The van der Waals surface area contributed by atoms with Crippen LogP contribution in [0.2, 0.25) is 18.1 Å². The first-order chi connectivity index (χ1) is 8.58. The van der Waals surface area contributed by atoms with Crippen LogP contribution in [0.5, 0.6) is 0 Å². The van der Waals surface area contributed by atoms with Crippen molar-refractivity contribution in [2.75, 3.05) is 6.61 Å². The summed E-state index contributed by atoms with van der Waals surface area (Å²) < 4.78 is 0. The van der Waals surface area contributed by atoms with Gasteiger partial charge in [0.1, 0.15) is 0 Å². The highest BCUT2D eigenvalue weighted by Gasteiger charge is 2.41. The second kappa shape index (κ2) is 5.94. The van der Waals surface area contributed by atoms with Gasteiger partial charge in [0.2, 0.25) is 0 Å². The Morgan fingerprint density at radius 3 is 2.42 bits per heavy atom. The van der Waals surface area contributed by atoms with Gasteiger partial charge >= 0.3 is 0 Å². The van der Waals surface area contributed by atoms with Crippen molar-refractivity contribution < 1.29 is 9.90 Å². The molecule has 2 N–H and O–H groups in total. The quantitative estimate of drug-likeness (QED) is 0.607. The molecule has 0 aliphatic heterocycles. The zero-order valence-electron chi connectivity index (χ0n) is 13.2. The van der Waals surface area contributed by atoms with Crippen molar-refractivity contribution in [3.8, 4) is 0 Å². The lowest BCUT2D eigenvalue weighted by atomic mass is 9.72. The van der Waals surface area contributed by atoms with Gasteiger partial charge in [0.15, 0.2) is 8.32 Å². The molecule has 110 valence electrons. The van der Waals surface area contributed by atoms with Gasteiger partial charge in [-0.25, -0.2) is 0 Å². The van der Waals surface area contributed by atoms with Gasteiger partial charge in [0.25, 0.3) is 0 Å². The fourth-order valence-corrected chi connectivity index (χ4v) is 3.57. The number of aliphatic hydroxyl groups excluding tert-OH is 1. The van der Waals surface area contributed by atoms with Crippen LogP contribution in [0.15, 0.2) is 23.8 Å². The highest BCUT2D eigenvalue weighted by Crippen LogP contribution is 2.48. The Bertz CT molecular complexity index is 363. The molecule has 0 radical (unpaired) electrons. The monoisotopic (exact) mass is 282 g/mol. The maximum absolute atomic E-state index is 10.5. The largest absolute Gasteiger partial charge is 0.432 e. The van der Waals surface area contributed by atoms with Crippen LogP contribution in [0.3, 0.4) is 0 Å². The lowest BCUT2D eigenvalue weighted by molar-refractivity contribution is 0.333. The van der Waals surface area contributed by atoms with Crippen LogP contribution in [0.4, 0.5) is 0 Å². The molecule has 1 rings (SSSR count). The van der Waals surface area contributed by atoms with Crippen LogP contribution < -0.4 is 0 Å². The van der Waals surface area contributed by atoms with Gasteiger partial charge in [0.05, 0.1) is 6.61 Å². The van der Waals surface area contributed by atoms with E-state index in [9.17, 15) is 4.80 Å². The average Bonchev–Trinajstić information content (AvgIpc) is 2.23. The normalized spacial score (nSPS) is 27.9. The van der Waals surface area contributed by atoms with Crippen molar-refractivity contribution >= 4 is 8.32 Å². The molecule has 2 atom stereocenters. The van der Waals surface area contributed by atoms with Crippen molar-refractivity contribution in [2.24, 2.45) is 11.8 Å². The van der Waals surface area contributed by atoms with Gasteiger partial charge < -0.3 is 9.90 Å².